The van der Waals surface area contributed by atoms with E-state index in [0.717, 1.165) is 12.5 Å². The van der Waals surface area contributed by atoms with Crippen molar-refractivity contribution < 1.29 is 8.78 Å². The van der Waals surface area contributed by atoms with Gasteiger partial charge in [0.05, 0.1) is 0 Å². The lowest BCUT2D eigenvalue weighted by molar-refractivity contribution is 0.364. The monoisotopic (exact) mass is 275 g/mol. The third kappa shape index (κ3) is 6.31. The maximum absolute atomic E-state index is 12.9. The molecule has 0 aliphatic rings. The van der Waals surface area contributed by atoms with E-state index in [0.29, 0.717) is 18.7 Å². The summed E-state index contributed by atoms with van der Waals surface area (Å²) in [7, 11) is 0. The molecule has 1 nitrogen and oxygen atoms in total. The van der Waals surface area contributed by atoms with Crippen molar-refractivity contribution in [2.45, 2.75) is 39.1 Å². The van der Waals surface area contributed by atoms with Crippen molar-refractivity contribution in [1.82, 2.24) is 5.32 Å². The normalized spacial score (nSPS) is 13.7. The van der Waals surface area contributed by atoms with E-state index in [1.807, 2.05) is 0 Å². The van der Waals surface area contributed by atoms with Crippen LogP contribution in [0.2, 0.25) is 0 Å². The summed E-state index contributed by atoms with van der Waals surface area (Å²) in [5.41, 5.74) is 0.770. The molecular weight excluding hydrogens is 256 g/mol. The smallest absolute Gasteiger partial charge is 0.126 e. The van der Waals surface area contributed by atoms with Gasteiger partial charge in [-0.25, -0.2) is 8.78 Å². The first-order valence-corrected chi connectivity index (χ1v) is 6.50. The van der Waals surface area contributed by atoms with Gasteiger partial charge in [0.25, 0.3) is 0 Å². The third-order valence-corrected chi connectivity index (χ3v) is 2.76. The van der Waals surface area contributed by atoms with Gasteiger partial charge >= 0.3 is 0 Å². The van der Waals surface area contributed by atoms with Crippen LogP contribution in [0.25, 0.3) is 0 Å². The van der Waals surface area contributed by atoms with Crippen LogP contribution in [0.1, 0.15) is 32.8 Å². The summed E-state index contributed by atoms with van der Waals surface area (Å²) in [5, 5.41) is 3.13. The van der Waals surface area contributed by atoms with E-state index in [-0.39, 0.29) is 10.8 Å². The Morgan fingerprint density at radius 3 is 2.22 bits per heavy atom. The van der Waals surface area contributed by atoms with Crippen molar-refractivity contribution in [3.05, 3.63) is 35.4 Å². The fraction of sp³-hybridized carbons (Fsp3) is 0.571. The standard InChI is InChI=1S/C14H20ClF2N/c1-14(2,3)7-11(15)9-18-8-10-4-12(16)6-13(17)5-10/h4-6,11,18H,7-9H2,1-3H3. The minimum absolute atomic E-state index is 0.0170. The van der Waals surface area contributed by atoms with Crippen molar-refractivity contribution in [3.63, 3.8) is 0 Å². The second-order valence-corrected chi connectivity index (χ2v) is 6.39. The summed E-state index contributed by atoms with van der Waals surface area (Å²) in [5.74, 6) is -1.10. The Morgan fingerprint density at radius 2 is 1.72 bits per heavy atom. The quantitative estimate of drug-likeness (QED) is 0.798. The molecule has 1 aromatic carbocycles. The Kier molecular flexibility index (Phi) is 5.54. The van der Waals surface area contributed by atoms with E-state index in [1.165, 1.54) is 12.1 Å². The molecule has 0 saturated heterocycles. The summed E-state index contributed by atoms with van der Waals surface area (Å²) in [6, 6.07) is 3.51. The number of alkyl halides is 1. The van der Waals surface area contributed by atoms with Crippen LogP contribution in [0.15, 0.2) is 18.2 Å². The maximum atomic E-state index is 12.9. The topological polar surface area (TPSA) is 12.0 Å². The van der Waals surface area contributed by atoms with Crippen LogP contribution in [0.4, 0.5) is 8.78 Å². The largest absolute Gasteiger partial charge is 0.311 e. The van der Waals surface area contributed by atoms with Crippen LogP contribution in [-0.4, -0.2) is 11.9 Å². The molecule has 0 bridgehead atoms. The average Bonchev–Trinajstić information content (AvgIpc) is 2.12. The first-order valence-electron chi connectivity index (χ1n) is 6.06. The molecule has 1 N–H and O–H groups in total. The highest BCUT2D eigenvalue weighted by molar-refractivity contribution is 6.20. The highest BCUT2D eigenvalue weighted by Gasteiger charge is 2.16. The molecule has 0 heterocycles. The van der Waals surface area contributed by atoms with Crippen molar-refractivity contribution >= 4 is 11.6 Å². The zero-order valence-electron chi connectivity index (χ0n) is 11.1. The molecule has 0 spiro atoms. The molecule has 1 atom stereocenters. The molecule has 0 amide bonds. The first-order chi connectivity index (χ1) is 8.26. The van der Waals surface area contributed by atoms with E-state index >= 15 is 0 Å². The zero-order chi connectivity index (χ0) is 13.8. The minimum atomic E-state index is -0.552. The molecule has 1 unspecified atom stereocenters. The second kappa shape index (κ2) is 6.48. The summed E-state index contributed by atoms with van der Waals surface area (Å²) in [6.07, 6.45) is 0.888. The molecule has 1 aromatic rings. The Hall–Kier alpha value is -0.670. The molecule has 4 heteroatoms. The highest BCUT2D eigenvalue weighted by Crippen LogP contribution is 2.23. The van der Waals surface area contributed by atoms with Crippen molar-refractivity contribution in [2.24, 2.45) is 5.41 Å². The fourth-order valence-electron chi connectivity index (χ4n) is 1.82. The van der Waals surface area contributed by atoms with E-state index in [9.17, 15) is 8.78 Å². The lowest BCUT2D eigenvalue weighted by Gasteiger charge is -2.22. The van der Waals surface area contributed by atoms with Gasteiger partial charge in [0.1, 0.15) is 11.6 Å². The molecular formula is C14H20ClF2N. The first kappa shape index (κ1) is 15.4. The molecule has 0 saturated carbocycles. The Balaban J connectivity index is 2.37. The number of rotatable bonds is 5. The highest BCUT2D eigenvalue weighted by atomic mass is 35.5. The number of hydrogen-bond donors (Lipinski definition) is 1. The molecule has 0 radical (unpaired) electrons. The van der Waals surface area contributed by atoms with Gasteiger partial charge in [-0.1, -0.05) is 20.8 Å². The van der Waals surface area contributed by atoms with Crippen molar-refractivity contribution in [2.75, 3.05) is 6.54 Å². The third-order valence-electron chi connectivity index (χ3n) is 2.45. The van der Waals surface area contributed by atoms with Crippen molar-refractivity contribution in [1.29, 1.82) is 0 Å². The predicted molar refractivity (Wildman–Crippen MR) is 71.8 cm³/mol. The predicted octanol–water partition coefficient (Wildman–Crippen LogP) is 4.10. The van der Waals surface area contributed by atoms with Crippen LogP contribution < -0.4 is 5.32 Å². The number of nitrogens with one attached hydrogen (secondary N) is 1. The maximum Gasteiger partial charge on any atom is 0.126 e. The summed E-state index contributed by atoms with van der Waals surface area (Å²) < 4.78 is 25.9. The van der Waals surface area contributed by atoms with E-state index in [1.54, 1.807) is 0 Å². The van der Waals surface area contributed by atoms with Crippen LogP contribution in [0, 0.1) is 17.0 Å². The van der Waals surface area contributed by atoms with Gasteiger partial charge in [0.15, 0.2) is 0 Å². The summed E-state index contributed by atoms with van der Waals surface area (Å²) in [4.78, 5) is 0. The Labute approximate surface area is 113 Å². The SMILES string of the molecule is CC(C)(C)CC(Cl)CNCc1cc(F)cc(F)c1. The van der Waals surface area contributed by atoms with Gasteiger partial charge in [-0.3, -0.25) is 0 Å². The zero-order valence-corrected chi connectivity index (χ0v) is 11.8. The molecule has 0 aromatic heterocycles. The van der Waals surface area contributed by atoms with Crippen LogP contribution >= 0.6 is 11.6 Å². The molecule has 18 heavy (non-hydrogen) atoms. The van der Waals surface area contributed by atoms with Gasteiger partial charge in [0.2, 0.25) is 0 Å². The molecule has 0 fully saturated rings. The Bertz CT molecular complexity index is 368. The van der Waals surface area contributed by atoms with E-state index in [4.69, 9.17) is 11.6 Å². The van der Waals surface area contributed by atoms with Crippen LogP contribution in [-0.2, 0) is 6.54 Å². The minimum Gasteiger partial charge on any atom is -0.311 e. The average molecular weight is 276 g/mol. The van der Waals surface area contributed by atoms with E-state index < -0.39 is 11.6 Å². The number of halogens is 3. The molecule has 0 aliphatic heterocycles. The molecule has 0 aliphatic carbocycles. The molecule has 102 valence electrons. The summed E-state index contributed by atoms with van der Waals surface area (Å²) in [6.45, 7) is 7.43. The second-order valence-electron chi connectivity index (χ2n) is 5.77. The van der Waals surface area contributed by atoms with Crippen molar-refractivity contribution in [3.8, 4) is 0 Å². The number of hydrogen-bond acceptors (Lipinski definition) is 1. The Morgan fingerprint density at radius 1 is 1.17 bits per heavy atom. The summed E-state index contributed by atoms with van der Waals surface area (Å²) >= 11 is 6.18. The lowest BCUT2D eigenvalue weighted by atomic mass is 9.90. The fourth-order valence-corrected chi connectivity index (χ4v) is 2.39. The van der Waals surface area contributed by atoms with Crippen LogP contribution in [0.5, 0.6) is 0 Å². The lowest BCUT2D eigenvalue weighted by Crippen LogP contribution is -2.26. The van der Waals surface area contributed by atoms with Gasteiger partial charge in [-0.2, -0.15) is 0 Å². The van der Waals surface area contributed by atoms with Gasteiger partial charge in [-0.15, -0.1) is 11.6 Å². The van der Waals surface area contributed by atoms with Gasteiger partial charge < -0.3 is 5.32 Å². The van der Waals surface area contributed by atoms with Gasteiger partial charge in [-0.05, 0) is 29.5 Å². The van der Waals surface area contributed by atoms with Gasteiger partial charge in [0, 0.05) is 24.5 Å². The van der Waals surface area contributed by atoms with Crippen LogP contribution in [0.3, 0.4) is 0 Å². The van der Waals surface area contributed by atoms with E-state index in [2.05, 4.69) is 26.1 Å². The number of benzene rings is 1. The molecule has 1 rings (SSSR count).